The quantitative estimate of drug-likeness (QED) is 0.789. The van der Waals surface area contributed by atoms with Gasteiger partial charge in [0, 0.05) is 25.5 Å². The Bertz CT molecular complexity index is 283. The molecule has 0 aliphatic carbocycles. The van der Waals surface area contributed by atoms with Crippen molar-refractivity contribution in [3.8, 4) is 0 Å². The molecule has 2 heterocycles. The van der Waals surface area contributed by atoms with Crippen LogP contribution in [0.15, 0.2) is 18.5 Å². The molecule has 1 aliphatic heterocycles. The third-order valence-electron chi connectivity index (χ3n) is 2.49. The molecule has 1 unspecified atom stereocenters. The maximum Gasteiger partial charge on any atom is 0.222 e. The van der Waals surface area contributed by atoms with Crippen LogP contribution in [0.1, 0.15) is 19.8 Å². The second kappa shape index (κ2) is 3.92. The van der Waals surface area contributed by atoms with Crippen LogP contribution in [0.5, 0.6) is 0 Å². The first kappa shape index (κ1) is 9.40. The standard InChI is InChI=1S/C10H15N3O/c1-10(4-2-7-14-10)8-13-9-11-5-3-6-12-9/h3,5-6H,2,4,7-8H2,1H3,(H,11,12,13). The molecule has 4 nitrogen and oxygen atoms in total. The second-order valence-electron chi connectivity index (χ2n) is 3.83. The zero-order chi connectivity index (χ0) is 9.86. The Morgan fingerprint density at radius 2 is 2.29 bits per heavy atom. The van der Waals surface area contributed by atoms with Gasteiger partial charge in [-0.05, 0) is 25.8 Å². The molecule has 0 radical (unpaired) electrons. The van der Waals surface area contributed by atoms with Crippen molar-refractivity contribution in [3.05, 3.63) is 18.5 Å². The highest BCUT2D eigenvalue weighted by molar-refractivity contribution is 5.23. The Balaban J connectivity index is 1.88. The molecule has 1 aliphatic rings. The summed E-state index contributed by atoms with van der Waals surface area (Å²) in [5.74, 6) is 0.671. The fourth-order valence-corrected chi connectivity index (χ4v) is 1.63. The van der Waals surface area contributed by atoms with Crippen molar-refractivity contribution in [1.29, 1.82) is 0 Å². The van der Waals surface area contributed by atoms with Gasteiger partial charge in [-0.1, -0.05) is 0 Å². The van der Waals surface area contributed by atoms with Crippen LogP contribution in [0.3, 0.4) is 0 Å². The maximum atomic E-state index is 5.64. The Labute approximate surface area is 83.7 Å². The van der Waals surface area contributed by atoms with Crippen molar-refractivity contribution in [2.24, 2.45) is 0 Å². The summed E-state index contributed by atoms with van der Waals surface area (Å²) in [6.45, 7) is 3.76. The van der Waals surface area contributed by atoms with Gasteiger partial charge in [-0.2, -0.15) is 0 Å². The zero-order valence-electron chi connectivity index (χ0n) is 8.36. The SMILES string of the molecule is CC1(CNc2ncccn2)CCCO1. The highest BCUT2D eigenvalue weighted by Gasteiger charge is 2.29. The van der Waals surface area contributed by atoms with E-state index in [2.05, 4.69) is 22.2 Å². The summed E-state index contributed by atoms with van der Waals surface area (Å²) in [5.41, 5.74) is -0.0425. The van der Waals surface area contributed by atoms with E-state index in [-0.39, 0.29) is 5.60 Å². The van der Waals surface area contributed by atoms with Crippen LogP contribution >= 0.6 is 0 Å². The number of hydrogen-bond acceptors (Lipinski definition) is 4. The summed E-state index contributed by atoms with van der Waals surface area (Å²) in [6, 6.07) is 1.80. The fourth-order valence-electron chi connectivity index (χ4n) is 1.63. The van der Waals surface area contributed by atoms with E-state index in [1.807, 2.05) is 0 Å². The molecule has 0 spiro atoms. The number of nitrogens with zero attached hydrogens (tertiary/aromatic N) is 2. The number of hydrogen-bond donors (Lipinski definition) is 1. The Morgan fingerprint density at radius 3 is 2.93 bits per heavy atom. The molecule has 76 valence electrons. The maximum absolute atomic E-state index is 5.64. The topological polar surface area (TPSA) is 47.0 Å². The highest BCUT2D eigenvalue weighted by Crippen LogP contribution is 2.24. The monoisotopic (exact) mass is 193 g/mol. The normalized spacial score (nSPS) is 26.4. The van der Waals surface area contributed by atoms with Crippen molar-refractivity contribution < 1.29 is 4.74 Å². The predicted molar refractivity (Wildman–Crippen MR) is 54.1 cm³/mol. The van der Waals surface area contributed by atoms with Crippen LogP contribution < -0.4 is 5.32 Å². The third kappa shape index (κ3) is 2.20. The molecule has 0 amide bonds. The molecule has 1 fully saturated rings. The van der Waals surface area contributed by atoms with Gasteiger partial charge in [-0.25, -0.2) is 9.97 Å². The van der Waals surface area contributed by atoms with Gasteiger partial charge in [0.05, 0.1) is 5.60 Å². The summed E-state index contributed by atoms with van der Waals surface area (Å²) in [5, 5.41) is 3.18. The Kier molecular flexibility index (Phi) is 2.63. The lowest BCUT2D eigenvalue weighted by Gasteiger charge is -2.23. The van der Waals surface area contributed by atoms with Gasteiger partial charge in [-0.3, -0.25) is 0 Å². The average Bonchev–Trinajstić information content (AvgIpc) is 2.65. The van der Waals surface area contributed by atoms with Gasteiger partial charge < -0.3 is 10.1 Å². The molecule has 1 aromatic heterocycles. The number of rotatable bonds is 3. The van der Waals surface area contributed by atoms with Crippen LogP contribution in [-0.4, -0.2) is 28.7 Å². The van der Waals surface area contributed by atoms with Crippen LogP contribution in [0.2, 0.25) is 0 Å². The van der Waals surface area contributed by atoms with Crippen molar-refractivity contribution >= 4 is 5.95 Å². The van der Waals surface area contributed by atoms with E-state index in [4.69, 9.17) is 4.74 Å². The summed E-state index contributed by atoms with van der Waals surface area (Å²) in [6.07, 6.45) is 5.71. The van der Waals surface area contributed by atoms with Crippen LogP contribution in [0.25, 0.3) is 0 Å². The van der Waals surface area contributed by atoms with E-state index < -0.39 is 0 Å². The van der Waals surface area contributed by atoms with Crippen LogP contribution in [-0.2, 0) is 4.74 Å². The van der Waals surface area contributed by atoms with Gasteiger partial charge in [0.25, 0.3) is 0 Å². The van der Waals surface area contributed by atoms with Crippen molar-refractivity contribution in [1.82, 2.24) is 9.97 Å². The van der Waals surface area contributed by atoms with E-state index in [0.29, 0.717) is 5.95 Å². The van der Waals surface area contributed by atoms with E-state index in [9.17, 15) is 0 Å². The fraction of sp³-hybridized carbons (Fsp3) is 0.600. The summed E-state index contributed by atoms with van der Waals surface area (Å²) < 4.78 is 5.64. The van der Waals surface area contributed by atoms with Gasteiger partial charge in [-0.15, -0.1) is 0 Å². The molecule has 0 bridgehead atoms. The molecular weight excluding hydrogens is 178 g/mol. The summed E-state index contributed by atoms with van der Waals surface area (Å²) in [7, 11) is 0. The molecular formula is C10H15N3O. The largest absolute Gasteiger partial charge is 0.373 e. The first-order valence-corrected chi connectivity index (χ1v) is 4.93. The van der Waals surface area contributed by atoms with Gasteiger partial charge in [0.2, 0.25) is 5.95 Å². The number of anilines is 1. The number of aromatic nitrogens is 2. The zero-order valence-corrected chi connectivity index (χ0v) is 8.36. The van der Waals surface area contributed by atoms with Gasteiger partial charge in [0.1, 0.15) is 0 Å². The molecule has 1 N–H and O–H groups in total. The second-order valence-corrected chi connectivity index (χ2v) is 3.83. The molecule has 1 atom stereocenters. The number of ether oxygens (including phenoxy) is 1. The molecule has 1 aromatic rings. The lowest BCUT2D eigenvalue weighted by Crippen LogP contribution is -2.32. The van der Waals surface area contributed by atoms with E-state index in [1.165, 1.54) is 0 Å². The Hall–Kier alpha value is -1.16. The number of nitrogens with one attached hydrogen (secondary N) is 1. The lowest BCUT2D eigenvalue weighted by molar-refractivity contribution is 0.0314. The molecule has 2 rings (SSSR count). The first-order valence-electron chi connectivity index (χ1n) is 4.93. The molecule has 0 aromatic carbocycles. The smallest absolute Gasteiger partial charge is 0.222 e. The minimum Gasteiger partial charge on any atom is -0.373 e. The minimum atomic E-state index is -0.0425. The molecule has 14 heavy (non-hydrogen) atoms. The van der Waals surface area contributed by atoms with Gasteiger partial charge >= 0.3 is 0 Å². The van der Waals surface area contributed by atoms with E-state index in [0.717, 1.165) is 26.0 Å². The van der Waals surface area contributed by atoms with E-state index >= 15 is 0 Å². The average molecular weight is 193 g/mol. The third-order valence-corrected chi connectivity index (χ3v) is 2.49. The summed E-state index contributed by atoms with van der Waals surface area (Å²) >= 11 is 0. The highest BCUT2D eigenvalue weighted by atomic mass is 16.5. The van der Waals surface area contributed by atoms with Crippen LogP contribution in [0.4, 0.5) is 5.95 Å². The first-order chi connectivity index (χ1) is 6.79. The lowest BCUT2D eigenvalue weighted by atomic mass is 10.0. The van der Waals surface area contributed by atoms with Crippen molar-refractivity contribution in [3.63, 3.8) is 0 Å². The predicted octanol–water partition coefficient (Wildman–Crippen LogP) is 1.46. The molecule has 0 saturated carbocycles. The van der Waals surface area contributed by atoms with Crippen LogP contribution in [0, 0.1) is 0 Å². The van der Waals surface area contributed by atoms with Crippen molar-refractivity contribution in [2.45, 2.75) is 25.4 Å². The van der Waals surface area contributed by atoms with Gasteiger partial charge in [0.15, 0.2) is 0 Å². The Morgan fingerprint density at radius 1 is 1.50 bits per heavy atom. The molecule has 1 saturated heterocycles. The van der Waals surface area contributed by atoms with E-state index in [1.54, 1.807) is 18.5 Å². The summed E-state index contributed by atoms with van der Waals surface area (Å²) in [4.78, 5) is 8.19. The molecule has 4 heteroatoms. The minimum absolute atomic E-state index is 0.0425. The van der Waals surface area contributed by atoms with Crippen molar-refractivity contribution in [2.75, 3.05) is 18.5 Å².